The van der Waals surface area contributed by atoms with Crippen molar-refractivity contribution in [3.05, 3.63) is 76.6 Å². The highest BCUT2D eigenvalue weighted by Crippen LogP contribution is 2.34. The van der Waals surface area contributed by atoms with Crippen LogP contribution in [0, 0.1) is 17.3 Å². The molecule has 0 aliphatic carbocycles. The van der Waals surface area contributed by atoms with Gasteiger partial charge in [0.15, 0.2) is 0 Å². The van der Waals surface area contributed by atoms with Gasteiger partial charge in [-0.3, -0.25) is 9.78 Å². The van der Waals surface area contributed by atoms with Crippen molar-refractivity contribution in [3.8, 4) is 11.8 Å². The monoisotopic (exact) mass is 364 g/mol. The molecule has 0 unspecified atom stereocenters. The maximum Gasteiger partial charge on any atom is 0.253 e. The summed E-state index contributed by atoms with van der Waals surface area (Å²) >= 11 is 6.02. The summed E-state index contributed by atoms with van der Waals surface area (Å²) in [5, 5.41) is 0.582. The smallest absolute Gasteiger partial charge is 0.253 e. The lowest BCUT2D eigenvalue weighted by Crippen LogP contribution is -2.44. The molecule has 0 atom stereocenters. The maximum absolute atomic E-state index is 12.8. The number of aromatic nitrogens is 1. The van der Waals surface area contributed by atoms with Gasteiger partial charge in [0.05, 0.1) is 0 Å². The molecule has 1 fully saturated rings. The summed E-state index contributed by atoms with van der Waals surface area (Å²) in [7, 11) is 0. The third kappa shape index (κ3) is 4.33. The second-order valence-corrected chi connectivity index (χ2v) is 7.49. The van der Waals surface area contributed by atoms with Gasteiger partial charge in [-0.2, -0.15) is 0 Å². The number of hydrogen-bond donors (Lipinski definition) is 0. The quantitative estimate of drug-likeness (QED) is 0.693. The van der Waals surface area contributed by atoms with Gasteiger partial charge in [0.25, 0.3) is 5.91 Å². The second kappa shape index (κ2) is 7.76. The SMILES string of the molecule is CC1(C)CN(C(=O)c2cccc(Cl)c2)CC/C1=C\C#Cc1cccnc1. The van der Waals surface area contributed by atoms with Gasteiger partial charge >= 0.3 is 0 Å². The highest BCUT2D eigenvalue weighted by atomic mass is 35.5. The van der Waals surface area contributed by atoms with Gasteiger partial charge in [-0.1, -0.05) is 48.9 Å². The van der Waals surface area contributed by atoms with Gasteiger partial charge < -0.3 is 4.90 Å². The molecule has 1 amide bonds. The maximum atomic E-state index is 12.8. The van der Waals surface area contributed by atoms with Crippen LogP contribution in [0.4, 0.5) is 0 Å². The van der Waals surface area contributed by atoms with Crippen LogP contribution in [0.5, 0.6) is 0 Å². The van der Waals surface area contributed by atoms with Crippen LogP contribution in [0.2, 0.25) is 5.02 Å². The fourth-order valence-corrected chi connectivity index (χ4v) is 3.33. The molecule has 0 bridgehead atoms. The van der Waals surface area contributed by atoms with Crippen molar-refractivity contribution in [3.63, 3.8) is 0 Å². The highest BCUT2D eigenvalue weighted by Gasteiger charge is 2.33. The minimum Gasteiger partial charge on any atom is -0.337 e. The van der Waals surface area contributed by atoms with Crippen molar-refractivity contribution in [2.24, 2.45) is 5.41 Å². The first kappa shape index (κ1) is 18.2. The zero-order chi connectivity index (χ0) is 18.6. The molecule has 1 aromatic carbocycles. The van der Waals surface area contributed by atoms with Crippen molar-refractivity contribution < 1.29 is 4.79 Å². The summed E-state index contributed by atoms with van der Waals surface area (Å²) in [5.41, 5.74) is 2.69. The number of piperidine rings is 1. The Hall–Kier alpha value is -2.57. The lowest BCUT2D eigenvalue weighted by atomic mass is 9.78. The Morgan fingerprint density at radius 1 is 1.31 bits per heavy atom. The van der Waals surface area contributed by atoms with Crippen LogP contribution in [-0.2, 0) is 0 Å². The Labute approximate surface area is 159 Å². The van der Waals surface area contributed by atoms with Crippen LogP contribution < -0.4 is 0 Å². The van der Waals surface area contributed by atoms with E-state index in [1.165, 1.54) is 5.57 Å². The van der Waals surface area contributed by atoms with Crippen LogP contribution in [-0.4, -0.2) is 28.9 Å². The van der Waals surface area contributed by atoms with Crippen LogP contribution in [0.3, 0.4) is 0 Å². The average Bonchev–Trinajstić information content (AvgIpc) is 2.63. The fourth-order valence-electron chi connectivity index (χ4n) is 3.14. The van der Waals surface area contributed by atoms with E-state index in [9.17, 15) is 4.79 Å². The third-order valence-corrected chi connectivity index (χ3v) is 4.82. The molecule has 1 aromatic heterocycles. The van der Waals surface area contributed by atoms with Crippen LogP contribution >= 0.6 is 11.6 Å². The number of nitrogens with zero attached hydrogens (tertiary/aromatic N) is 2. The molecule has 1 aliphatic heterocycles. The van der Waals surface area contributed by atoms with Gasteiger partial charge in [-0.25, -0.2) is 0 Å². The molecule has 2 aromatic rings. The Morgan fingerprint density at radius 3 is 2.85 bits per heavy atom. The van der Waals surface area contributed by atoms with Gasteiger partial charge in [0.2, 0.25) is 0 Å². The molecule has 2 heterocycles. The topological polar surface area (TPSA) is 33.2 Å². The number of hydrogen-bond acceptors (Lipinski definition) is 2. The van der Waals surface area contributed by atoms with Gasteiger partial charge in [-0.05, 0) is 42.8 Å². The zero-order valence-electron chi connectivity index (χ0n) is 15.0. The molecule has 4 heteroatoms. The molecular weight excluding hydrogens is 344 g/mol. The number of carbonyl (C=O) groups excluding carboxylic acids is 1. The molecule has 3 rings (SSSR count). The normalized spacial score (nSPS) is 17.5. The first-order valence-corrected chi connectivity index (χ1v) is 8.99. The number of benzene rings is 1. The van der Waals surface area contributed by atoms with E-state index < -0.39 is 0 Å². The van der Waals surface area contributed by atoms with Gasteiger partial charge in [0.1, 0.15) is 0 Å². The van der Waals surface area contributed by atoms with E-state index in [-0.39, 0.29) is 11.3 Å². The molecule has 0 N–H and O–H groups in total. The number of halogens is 1. The Balaban J connectivity index is 1.72. The molecule has 1 aliphatic rings. The predicted octanol–water partition coefficient (Wildman–Crippen LogP) is 4.59. The largest absolute Gasteiger partial charge is 0.337 e. The summed E-state index contributed by atoms with van der Waals surface area (Å²) < 4.78 is 0. The fraction of sp³-hybridized carbons (Fsp3) is 0.273. The molecule has 0 radical (unpaired) electrons. The van der Waals surface area contributed by atoms with Crippen molar-refractivity contribution >= 4 is 17.5 Å². The number of pyridine rings is 1. The number of allylic oxidation sites excluding steroid dienone is 1. The summed E-state index contributed by atoms with van der Waals surface area (Å²) in [4.78, 5) is 18.7. The Morgan fingerprint density at radius 2 is 2.15 bits per heavy atom. The van der Waals surface area contributed by atoms with Crippen molar-refractivity contribution in [2.75, 3.05) is 13.1 Å². The van der Waals surface area contributed by atoms with Crippen LogP contribution in [0.15, 0.2) is 60.4 Å². The predicted molar refractivity (Wildman–Crippen MR) is 105 cm³/mol. The van der Waals surface area contributed by atoms with E-state index in [2.05, 4.69) is 30.7 Å². The van der Waals surface area contributed by atoms with Crippen molar-refractivity contribution in [1.82, 2.24) is 9.88 Å². The summed E-state index contributed by atoms with van der Waals surface area (Å²) in [6, 6.07) is 10.9. The van der Waals surface area contributed by atoms with Crippen LogP contribution in [0.25, 0.3) is 0 Å². The number of likely N-dealkylation sites (tertiary alicyclic amines) is 1. The molecule has 1 saturated heterocycles. The van der Waals surface area contributed by atoms with E-state index in [0.717, 1.165) is 12.0 Å². The van der Waals surface area contributed by atoms with E-state index in [4.69, 9.17) is 11.6 Å². The first-order valence-electron chi connectivity index (χ1n) is 8.62. The lowest BCUT2D eigenvalue weighted by Gasteiger charge is -2.40. The lowest BCUT2D eigenvalue weighted by molar-refractivity contribution is 0.0663. The van der Waals surface area contributed by atoms with Gasteiger partial charge in [-0.15, -0.1) is 0 Å². The number of carbonyl (C=O) groups is 1. The van der Waals surface area contributed by atoms with Crippen molar-refractivity contribution in [1.29, 1.82) is 0 Å². The number of rotatable bonds is 1. The van der Waals surface area contributed by atoms with Gasteiger partial charge in [0, 0.05) is 47.0 Å². The summed E-state index contributed by atoms with van der Waals surface area (Å²) in [6.07, 6.45) is 6.30. The third-order valence-electron chi connectivity index (χ3n) is 4.59. The van der Waals surface area contributed by atoms with Crippen LogP contribution in [0.1, 0.15) is 36.2 Å². The standard InChI is InChI=1S/C22H21ClN2O/c1-22(2)16-25(21(26)18-8-4-10-20(23)14-18)13-11-19(22)9-3-6-17-7-5-12-24-15-17/h4-5,7-10,12,14-15H,11,13,16H2,1-2H3/b19-9+. The highest BCUT2D eigenvalue weighted by molar-refractivity contribution is 6.30. The zero-order valence-corrected chi connectivity index (χ0v) is 15.8. The van der Waals surface area contributed by atoms with E-state index in [1.807, 2.05) is 35.2 Å². The molecule has 3 nitrogen and oxygen atoms in total. The summed E-state index contributed by atoms with van der Waals surface area (Å²) in [6.45, 7) is 5.66. The molecular formula is C22H21ClN2O. The second-order valence-electron chi connectivity index (χ2n) is 7.05. The number of amides is 1. The van der Waals surface area contributed by atoms with Crippen molar-refractivity contribution in [2.45, 2.75) is 20.3 Å². The van der Waals surface area contributed by atoms with E-state index in [1.54, 1.807) is 24.5 Å². The Bertz CT molecular complexity index is 891. The first-order chi connectivity index (χ1) is 12.5. The minimum atomic E-state index is -0.115. The average molecular weight is 365 g/mol. The van der Waals surface area contributed by atoms with E-state index in [0.29, 0.717) is 23.7 Å². The molecule has 26 heavy (non-hydrogen) atoms. The minimum absolute atomic E-state index is 0.0288. The summed E-state index contributed by atoms with van der Waals surface area (Å²) in [5.74, 6) is 6.28. The molecule has 132 valence electrons. The molecule has 0 saturated carbocycles. The molecule has 0 spiro atoms. The Kier molecular flexibility index (Phi) is 5.44. The van der Waals surface area contributed by atoms with E-state index >= 15 is 0 Å².